The number of nitrogens with one attached hydrogen (secondary N) is 1. The SMILES string of the molecule is CCc1ccc(-c2noc(C3=C(C)N(c4ccc(CC)cc4)C(=O)NC3c3ccccc3)n2)cc1. The van der Waals surface area contributed by atoms with Gasteiger partial charge in [-0.2, -0.15) is 4.98 Å². The third-order valence-electron chi connectivity index (χ3n) is 6.50. The molecule has 0 radical (unpaired) electrons. The summed E-state index contributed by atoms with van der Waals surface area (Å²) in [5.74, 6) is 0.909. The van der Waals surface area contributed by atoms with Crippen molar-refractivity contribution >= 4 is 17.3 Å². The molecule has 6 heteroatoms. The third kappa shape index (κ3) is 4.35. The second kappa shape index (κ2) is 9.58. The lowest BCUT2D eigenvalue weighted by Crippen LogP contribution is -2.46. The molecular weight excluding hydrogens is 436 g/mol. The molecular formula is C29H28N4O2. The van der Waals surface area contributed by atoms with E-state index in [1.807, 2.05) is 73.7 Å². The standard InChI is InChI=1S/C29H28N4O2/c1-4-20-11-15-23(16-12-20)27-31-28(35-32-27)25-19(3)33(24-17-13-21(5-2)14-18-24)29(34)30-26(25)22-9-7-6-8-10-22/h6-18,26H,4-5H2,1-3H3,(H,30,34). The highest BCUT2D eigenvalue weighted by Crippen LogP contribution is 2.39. The zero-order chi connectivity index (χ0) is 24.4. The van der Waals surface area contributed by atoms with Gasteiger partial charge in [-0.15, -0.1) is 0 Å². The monoisotopic (exact) mass is 464 g/mol. The van der Waals surface area contributed by atoms with Crippen molar-refractivity contribution in [3.05, 3.63) is 107 Å². The molecule has 5 rings (SSSR count). The van der Waals surface area contributed by atoms with Gasteiger partial charge in [0.15, 0.2) is 0 Å². The molecule has 1 unspecified atom stereocenters. The van der Waals surface area contributed by atoms with E-state index in [4.69, 9.17) is 9.51 Å². The van der Waals surface area contributed by atoms with Crippen LogP contribution in [-0.4, -0.2) is 16.2 Å². The summed E-state index contributed by atoms with van der Waals surface area (Å²) in [6, 6.07) is 25.4. The van der Waals surface area contributed by atoms with Crippen molar-refractivity contribution in [2.45, 2.75) is 39.7 Å². The van der Waals surface area contributed by atoms with Gasteiger partial charge in [0.05, 0.1) is 17.3 Å². The number of hydrogen-bond acceptors (Lipinski definition) is 4. The Labute approximate surface area is 205 Å². The lowest BCUT2D eigenvalue weighted by molar-refractivity contribution is 0.244. The maximum absolute atomic E-state index is 13.3. The van der Waals surface area contributed by atoms with Crippen LogP contribution in [0.3, 0.4) is 0 Å². The minimum absolute atomic E-state index is 0.195. The minimum Gasteiger partial charge on any atom is -0.334 e. The van der Waals surface area contributed by atoms with Crippen LogP contribution in [0.1, 0.15) is 49.4 Å². The van der Waals surface area contributed by atoms with E-state index in [1.54, 1.807) is 4.90 Å². The van der Waals surface area contributed by atoms with E-state index in [0.717, 1.165) is 40.9 Å². The average molecular weight is 465 g/mol. The predicted octanol–water partition coefficient (Wildman–Crippen LogP) is 6.56. The number of carbonyl (C=O) groups excluding carboxylic acids is 1. The van der Waals surface area contributed by atoms with Crippen molar-refractivity contribution in [3.63, 3.8) is 0 Å². The second-order valence-corrected chi connectivity index (χ2v) is 8.62. The number of aryl methyl sites for hydroxylation is 2. The highest BCUT2D eigenvalue weighted by Gasteiger charge is 2.36. The Morgan fingerprint density at radius 2 is 1.51 bits per heavy atom. The number of amides is 2. The highest BCUT2D eigenvalue weighted by atomic mass is 16.5. The van der Waals surface area contributed by atoms with Crippen LogP contribution < -0.4 is 10.2 Å². The molecule has 0 bridgehead atoms. The van der Waals surface area contributed by atoms with Gasteiger partial charge in [-0.1, -0.05) is 85.7 Å². The first kappa shape index (κ1) is 22.6. The van der Waals surface area contributed by atoms with Gasteiger partial charge in [-0.3, -0.25) is 4.90 Å². The van der Waals surface area contributed by atoms with E-state index >= 15 is 0 Å². The zero-order valence-corrected chi connectivity index (χ0v) is 20.2. The quantitative estimate of drug-likeness (QED) is 0.351. The first-order chi connectivity index (χ1) is 17.1. The Balaban J connectivity index is 1.61. The van der Waals surface area contributed by atoms with Crippen molar-refractivity contribution < 1.29 is 9.32 Å². The van der Waals surface area contributed by atoms with Gasteiger partial charge in [0.25, 0.3) is 5.89 Å². The highest BCUT2D eigenvalue weighted by molar-refractivity contribution is 6.01. The number of aromatic nitrogens is 2. The van der Waals surface area contributed by atoms with Gasteiger partial charge in [0.1, 0.15) is 0 Å². The molecule has 0 saturated carbocycles. The molecule has 176 valence electrons. The molecule has 2 heterocycles. The summed E-state index contributed by atoms with van der Waals surface area (Å²) in [4.78, 5) is 19.7. The molecule has 1 aliphatic rings. The van der Waals surface area contributed by atoms with Crippen molar-refractivity contribution in [1.29, 1.82) is 0 Å². The summed E-state index contributed by atoms with van der Waals surface area (Å²) in [6.45, 7) is 6.16. The molecule has 0 saturated heterocycles. The number of allylic oxidation sites excluding steroid dienone is 1. The van der Waals surface area contributed by atoms with Gasteiger partial charge < -0.3 is 9.84 Å². The third-order valence-corrected chi connectivity index (χ3v) is 6.50. The van der Waals surface area contributed by atoms with Crippen molar-refractivity contribution in [2.24, 2.45) is 0 Å². The van der Waals surface area contributed by atoms with E-state index in [2.05, 4.69) is 36.5 Å². The molecule has 2 amide bonds. The van der Waals surface area contributed by atoms with E-state index in [0.29, 0.717) is 11.7 Å². The van der Waals surface area contributed by atoms with E-state index in [1.165, 1.54) is 11.1 Å². The fourth-order valence-electron chi connectivity index (χ4n) is 4.45. The summed E-state index contributed by atoms with van der Waals surface area (Å²) in [5, 5.41) is 7.42. The van der Waals surface area contributed by atoms with Gasteiger partial charge in [-0.05, 0) is 48.6 Å². The van der Waals surface area contributed by atoms with Crippen molar-refractivity contribution in [3.8, 4) is 11.4 Å². The number of carbonyl (C=O) groups is 1. The van der Waals surface area contributed by atoms with Crippen molar-refractivity contribution in [2.75, 3.05) is 4.90 Å². The summed E-state index contributed by atoms with van der Waals surface area (Å²) < 4.78 is 5.80. The van der Waals surface area contributed by atoms with Crippen LogP contribution >= 0.6 is 0 Å². The van der Waals surface area contributed by atoms with Crippen LogP contribution in [0.5, 0.6) is 0 Å². The molecule has 1 aromatic heterocycles. The molecule has 1 atom stereocenters. The normalized spacial score (nSPS) is 15.9. The Morgan fingerprint density at radius 3 is 2.14 bits per heavy atom. The minimum atomic E-state index is -0.411. The zero-order valence-electron chi connectivity index (χ0n) is 20.2. The summed E-state index contributed by atoms with van der Waals surface area (Å²) in [6.07, 6.45) is 1.91. The summed E-state index contributed by atoms with van der Waals surface area (Å²) >= 11 is 0. The molecule has 0 spiro atoms. The van der Waals surface area contributed by atoms with Gasteiger partial charge in [0, 0.05) is 11.3 Å². The molecule has 0 aliphatic carbocycles. The number of rotatable bonds is 6. The summed E-state index contributed by atoms with van der Waals surface area (Å²) in [7, 11) is 0. The Morgan fingerprint density at radius 1 is 0.886 bits per heavy atom. The Kier molecular flexibility index (Phi) is 6.19. The molecule has 4 aromatic rings. The smallest absolute Gasteiger partial charge is 0.326 e. The lowest BCUT2D eigenvalue weighted by Gasteiger charge is -2.35. The number of nitrogens with zero attached hydrogens (tertiary/aromatic N) is 3. The maximum atomic E-state index is 13.3. The van der Waals surface area contributed by atoms with E-state index < -0.39 is 6.04 Å². The van der Waals surface area contributed by atoms with E-state index in [-0.39, 0.29) is 6.03 Å². The van der Waals surface area contributed by atoms with Gasteiger partial charge in [-0.25, -0.2) is 4.79 Å². The van der Waals surface area contributed by atoms with Crippen molar-refractivity contribution in [1.82, 2.24) is 15.5 Å². The van der Waals surface area contributed by atoms with Crippen LogP contribution in [0.4, 0.5) is 10.5 Å². The number of benzene rings is 3. The van der Waals surface area contributed by atoms with Crippen LogP contribution in [0.15, 0.2) is 89.1 Å². The molecule has 3 aromatic carbocycles. The molecule has 35 heavy (non-hydrogen) atoms. The Hall–Kier alpha value is -4.19. The molecule has 1 aliphatic heterocycles. The number of hydrogen-bond donors (Lipinski definition) is 1. The molecule has 0 fully saturated rings. The van der Waals surface area contributed by atoms with E-state index in [9.17, 15) is 4.79 Å². The fourth-order valence-corrected chi connectivity index (χ4v) is 4.45. The number of anilines is 1. The maximum Gasteiger partial charge on any atom is 0.326 e. The second-order valence-electron chi connectivity index (χ2n) is 8.62. The lowest BCUT2D eigenvalue weighted by atomic mass is 9.94. The fraction of sp³-hybridized carbons (Fsp3) is 0.207. The predicted molar refractivity (Wildman–Crippen MR) is 138 cm³/mol. The number of urea groups is 1. The van der Waals surface area contributed by atoms with Crippen LogP contribution in [0.2, 0.25) is 0 Å². The summed E-state index contributed by atoms with van der Waals surface area (Å²) in [5.41, 5.74) is 6.62. The molecule has 6 nitrogen and oxygen atoms in total. The first-order valence-corrected chi connectivity index (χ1v) is 12.0. The molecule has 1 N–H and O–H groups in total. The topological polar surface area (TPSA) is 71.3 Å². The average Bonchev–Trinajstić information content (AvgIpc) is 3.39. The first-order valence-electron chi connectivity index (χ1n) is 12.0. The van der Waals surface area contributed by atoms with Gasteiger partial charge >= 0.3 is 6.03 Å². The van der Waals surface area contributed by atoms with Crippen LogP contribution in [-0.2, 0) is 12.8 Å². The largest absolute Gasteiger partial charge is 0.334 e. The van der Waals surface area contributed by atoms with Gasteiger partial charge in [0.2, 0.25) is 5.82 Å². The van der Waals surface area contributed by atoms with Crippen LogP contribution in [0.25, 0.3) is 17.0 Å². The van der Waals surface area contributed by atoms with Crippen LogP contribution in [0, 0.1) is 0 Å². The Bertz CT molecular complexity index is 1360.